The van der Waals surface area contributed by atoms with E-state index in [4.69, 9.17) is 11.6 Å². The highest BCUT2D eigenvalue weighted by atomic mass is 35.5. The number of nitrogens with one attached hydrogen (secondary N) is 1. The van der Waals surface area contributed by atoms with Crippen LogP contribution in [0.15, 0.2) is 42.5 Å². The van der Waals surface area contributed by atoms with Gasteiger partial charge >= 0.3 is 6.18 Å². The van der Waals surface area contributed by atoms with Crippen LogP contribution in [0.5, 0.6) is 0 Å². The summed E-state index contributed by atoms with van der Waals surface area (Å²) < 4.78 is 80.1. The second kappa shape index (κ2) is 12.1. The predicted molar refractivity (Wildman–Crippen MR) is 133 cm³/mol. The van der Waals surface area contributed by atoms with Crippen molar-refractivity contribution in [1.82, 2.24) is 10.2 Å². The lowest BCUT2D eigenvalue weighted by atomic mass is 10.1. The van der Waals surface area contributed by atoms with Gasteiger partial charge in [-0.05, 0) is 44.5 Å². The predicted octanol–water partition coefficient (Wildman–Crippen LogP) is 4.60. The molecule has 0 radical (unpaired) electrons. The lowest BCUT2D eigenvalue weighted by molar-refractivity contribution is -0.139. The summed E-state index contributed by atoms with van der Waals surface area (Å²) >= 11 is 5.65. The zero-order valence-electron chi connectivity index (χ0n) is 20.6. The average molecular weight is 566 g/mol. The molecule has 0 spiro atoms. The highest BCUT2D eigenvalue weighted by molar-refractivity contribution is 7.92. The quantitative estimate of drug-likeness (QED) is 0.427. The van der Waals surface area contributed by atoms with Crippen molar-refractivity contribution >= 4 is 39.1 Å². The number of halogens is 5. The zero-order chi connectivity index (χ0) is 28.1. The lowest BCUT2D eigenvalue weighted by Gasteiger charge is -2.32. The summed E-state index contributed by atoms with van der Waals surface area (Å²) in [5, 5.41) is 2.07. The summed E-state index contributed by atoms with van der Waals surface area (Å²) in [5.74, 6) is -2.14. The Morgan fingerprint density at radius 2 is 1.73 bits per heavy atom. The molecule has 2 aromatic carbocycles. The molecule has 204 valence electrons. The van der Waals surface area contributed by atoms with Crippen LogP contribution in [0.4, 0.5) is 23.2 Å². The molecule has 0 heterocycles. The SMILES string of the molecule is CC[C@H](C)NC(=O)[C@H](C)N(Cc1ccccc1F)C(=O)CN(c1ccc(Cl)c(C(F)(F)F)c1)S(C)(=O)=O. The molecule has 0 saturated carbocycles. The van der Waals surface area contributed by atoms with E-state index in [9.17, 15) is 35.6 Å². The van der Waals surface area contributed by atoms with Crippen LogP contribution >= 0.6 is 11.6 Å². The Bertz CT molecular complexity index is 1240. The summed E-state index contributed by atoms with van der Waals surface area (Å²) in [6, 6.07) is 6.58. The molecule has 7 nitrogen and oxygen atoms in total. The highest BCUT2D eigenvalue weighted by Crippen LogP contribution is 2.37. The number of amides is 2. The standard InChI is InChI=1S/C24H28ClF4N3O4S/c1-5-15(2)30-23(34)16(3)31(13-17-8-6-7-9-21(17)26)22(33)14-32(37(4,35)36)18-10-11-20(25)19(12-18)24(27,28)29/h6-12,15-16H,5,13-14H2,1-4H3,(H,30,34)/t15-,16-/m0/s1. The van der Waals surface area contributed by atoms with E-state index in [-0.39, 0.29) is 18.2 Å². The number of rotatable bonds is 10. The zero-order valence-corrected chi connectivity index (χ0v) is 22.2. The van der Waals surface area contributed by atoms with E-state index in [2.05, 4.69) is 5.32 Å². The number of nitrogens with zero attached hydrogens (tertiary/aromatic N) is 2. The average Bonchev–Trinajstić information content (AvgIpc) is 2.80. The number of carbonyl (C=O) groups is 2. The van der Waals surface area contributed by atoms with Crippen molar-refractivity contribution in [3.63, 3.8) is 0 Å². The van der Waals surface area contributed by atoms with Crippen LogP contribution in [0.2, 0.25) is 5.02 Å². The first kappa shape index (κ1) is 30.4. The molecule has 13 heteroatoms. The van der Waals surface area contributed by atoms with Crippen LogP contribution in [-0.2, 0) is 32.3 Å². The Hall–Kier alpha value is -2.86. The highest BCUT2D eigenvalue weighted by Gasteiger charge is 2.35. The maximum Gasteiger partial charge on any atom is 0.417 e. The van der Waals surface area contributed by atoms with Crippen molar-refractivity contribution in [2.24, 2.45) is 0 Å². The number of anilines is 1. The van der Waals surface area contributed by atoms with Gasteiger partial charge < -0.3 is 10.2 Å². The minimum atomic E-state index is -4.88. The molecule has 0 saturated heterocycles. The molecule has 0 aliphatic carbocycles. The third kappa shape index (κ3) is 8.06. The van der Waals surface area contributed by atoms with Crippen molar-refractivity contribution in [3.05, 3.63) is 64.4 Å². The maximum absolute atomic E-state index is 14.4. The van der Waals surface area contributed by atoms with E-state index in [1.54, 1.807) is 6.92 Å². The van der Waals surface area contributed by atoms with E-state index in [0.717, 1.165) is 29.4 Å². The Balaban J connectivity index is 2.49. The van der Waals surface area contributed by atoms with Gasteiger partial charge in [0.2, 0.25) is 21.8 Å². The van der Waals surface area contributed by atoms with Crippen molar-refractivity contribution in [2.45, 2.75) is 52.0 Å². The summed E-state index contributed by atoms with van der Waals surface area (Å²) in [6.45, 7) is 3.66. The Labute approximate surface area is 218 Å². The Morgan fingerprint density at radius 1 is 1.11 bits per heavy atom. The van der Waals surface area contributed by atoms with Gasteiger partial charge in [-0.1, -0.05) is 36.7 Å². The number of sulfonamides is 1. The monoisotopic (exact) mass is 565 g/mol. The van der Waals surface area contributed by atoms with E-state index in [1.807, 2.05) is 6.92 Å². The van der Waals surface area contributed by atoms with Crippen LogP contribution in [0.25, 0.3) is 0 Å². The molecule has 0 bridgehead atoms. The van der Waals surface area contributed by atoms with Crippen molar-refractivity contribution in [2.75, 3.05) is 17.1 Å². The largest absolute Gasteiger partial charge is 0.417 e. The molecule has 1 N–H and O–H groups in total. The minimum Gasteiger partial charge on any atom is -0.352 e. The van der Waals surface area contributed by atoms with Crippen LogP contribution in [0.1, 0.15) is 38.3 Å². The maximum atomic E-state index is 14.4. The minimum absolute atomic E-state index is 0.0656. The second-order valence-electron chi connectivity index (χ2n) is 8.54. The van der Waals surface area contributed by atoms with Gasteiger partial charge in [-0.15, -0.1) is 0 Å². The van der Waals surface area contributed by atoms with Gasteiger partial charge in [-0.25, -0.2) is 12.8 Å². The first-order valence-electron chi connectivity index (χ1n) is 11.2. The van der Waals surface area contributed by atoms with Crippen LogP contribution in [0, 0.1) is 5.82 Å². The number of hydrogen-bond donors (Lipinski definition) is 1. The number of carbonyl (C=O) groups excluding carboxylic acids is 2. The number of hydrogen-bond acceptors (Lipinski definition) is 4. The summed E-state index contributed by atoms with van der Waals surface area (Å²) in [5.41, 5.74) is -1.66. The third-order valence-corrected chi connectivity index (χ3v) is 7.16. The van der Waals surface area contributed by atoms with Gasteiger partial charge in [-0.3, -0.25) is 13.9 Å². The van der Waals surface area contributed by atoms with E-state index in [0.29, 0.717) is 16.8 Å². The van der Waals surface area contributed by atoms with Gasteiger partial charge in [0.25, 0.3) is 0 Å². The van der Waals surface area contributed by atoms with Gasteiger partial charge in [0.05, 0.1) is 22.5 Å². The first-order chi connectivity index (χ1) is 17.1. The first-order valence-corrected chi connectivity index (χ1v) is 13.5. The number of benzene rings is 2. The van der Waals surface area contributed by atoms with Gasteiger partial charge in [0.1, 0.15) is 18.4 Å². The van der Waals surface area contributed by atoms with Gasteiger partial charge in [0.15, 0.2) is 0 Å². The molecular weight excluding hydrogens is 538 g/mol. The van der Waals surface area contributed by atoms with Crippen molar-refractivity contribution in [3.8, 4) is 0 Å². The molecule has 2 amide bonds. The van der Waals surface area contributed by atoms with Crippen LogP contribution in [-0.4, -0.2) is 50.0 Å². The van der Waals surface area contributed by atoms with Gasteiger partial charge in [0, 0.05) is 18.2 Å². The van der Waals surface area contributed by atoms with Crippen LogP contribution in [0.3, 0.4) is 0 Å². The molecular formula is C24H28ClF4N3O4S. The fourth-order valence-corrected chi connectivity index (χ4v) is 4.42. The fraction of sp³-hybridized carbons (Fsp3) is 0.417. The molecule has 2 aromatic rings. The third-order valence-electron chi connectivity index (χ3n) is 5.69. The van der Waals surface area contributed by atoms with Gasteiger partial charge in [-0.2, -0.15) is 13.2 Å². The molecule has 0 unspecified atom stereocenters. The normalized spacial score (nSPS) is 13.5. The molecule has 2 atom stereocenters. The molecule has 0 fully saturated rings. The fourth-order valence-electron chi connectivity index (χ4n) is 3.36. The van der Waals surface area contributed by atoms with E-state index < -0.39 is 62.7 Å². The van der Waals surface area contributed by atoms with E-state index >= 15 is 0 Å². The van der Waals surface area contributed by atoms with Crippen molar-refractivity contribution < 1.29 is 35.6 Å². The smallest absolute Gasteiger partial charge is 0.352 e. The summed E-state index contributed by atoms with van der Waals surface area (Å²) in [4.78, 5) is 27.2. The summed E-state index contributed by atoms with van der Waals surface area (Å²) in [6.07, 6.45) is -3.55. The summed E-state index contributed by atoms with van der Waals surface area (Å²) in [7, 11) is -4.27. The lowest BCUT2D eigenvalue weighted by Crippen LogP contribution is -2.52. The number of alkyl halides is 3. The molecule has 37 heavy (non-hydrogen) atoms. The topological polar surface area (TPSA) is 86.8 Å². The molecule has 2 rings (SSSR count). The Kier molecular flexibility index (Phi) is 9.95. The van der Waals surface area contributed by atoms with Crippen molar-refractivity contribution in [1.29, 1.82) is 0 Å². The molecule has 0 aliphatic heterocycles. The molecule has 0 aliphatic rings. The van der Waals surface area contributed by atoms with Crippen LogP contribution < -0.4 is 9.62 Å². The second-order valence-corrected chi connectivity index (χ2v) is 10.9. The van der Waals surface area contributed by atoms with E-state index in [1.165, 1.54) is 25.1 Å². The Morgan fingerprint density at radius 3 is 2.27 bits per heavy atom. The molecule has 0 aromatic heterocycles.